The van der Waals surface area contributed by atoms with Crippen molar-refractivity contribution in [1.82, 2.24) is 0 Å². The number of hydrogen-bond acceptors (Lipinski definition) is 1. The zero-order valence-electron chi connectivity index (χ0n) is 11.1. The van der Waals surface area contributed by atoms with Gasteiger partial charge in [-0.2, -0.15) is 0 Å². The standard InChI is InChI=1S/C16H18OSi/c1-18(2,3)16-10-6-9-15-13(16)11-12-7-4-5-8-14(12)17-15/h4-11,16H,1-3H3. The Morgan fingerprint density at radius 1 is 1.11 bits per heavy atom. The van der Waals surface area contributed by atoms with Crippen molar-refractivity contribution in [3.63, 3.8) is 0 Å². The topological polar surface area (TPSA) is 9.23 Å². The first-order valence-electron chi connectivity index (χ1n) is 6.43. The minimum atomic E-state index is -1.26. The normalized spacial score (nSPS) is 21.4. The highest BCUT2D eigenvalue weighted by Gasteiger charge is 2.33. The summed E-state index contributed by atoms with van der Waals surface area (Å²) in [5.41, 5.74) is 3.10. The van der Waals surface area contributed by atoms with Gasteiger partial charge < -0.3 is 4.74 Å². The number of allylic oxidation sites excluding steroid dienone is 4. The van der Waals surface area contributed by atoms with E-state index in [2.05, 4.69) is 56.1 Å². The summed E-state index contributed by atoms with van der Waals surface area (Å²) in [5, 5.41) is 0. The van der Waals surface area contributed by atoms with Gasteiger partial charge in [0.1, 0.15) is 11.5 Å². The maximum absolute atomic E-state index is 6.03. The van der Waals surface area contributed by atoms with Crippen LogP contribution in [-0.2, 0) is 0 Å². The van der Waals surface area contributed by atoms with E-state index >= 15 is 0 Å². The molecular formula is C16H18OSi. The fourth-order valence-electron chi connectivity index (χ4n) is 2.59. The molecule has 92 valence electrons. The van der Waals surface area contributed by atoms with Crippen LogP contribution in [-0.4, -0.2) is 8.07 Å². The first kappa shape index (κ1) is 11.5. The zero-order valence-corrected chi connectivity index (χ0v) is 12.1. The number of ether oxygens (including phenoxy) is 1. The van der Waals surface area contributed by atoms with E-state index in [0.717, 1.165) is 11.5 Å². The van der Waals surface area contributed by atoms with Crippen molar-refractivity contribution in [2.75, 3.05) is 0 Å². The molecule has 1 aliphatic carbocycles. The lowest BCUT2D eigenvalue weighted by Gasteiger charge is -2.33. The van der Waals surface area contributed by atoms with Crippen molar-refractivity contribution in [1.29, 1.82) is 0 Å². The van der Waals surface area contributed by atoms with Crippen LogP contribution in [0.25, 0.3) is 6.08 Å². The van der Waals surface area contributed by atoms with Gasteiger partial charge in [0.25, 0.3) is 0 Å². The van der Waals surface area contributed by atoms with Crippen molar-refractivity contribution >= 4 is 14.1 Å². The lowest BCUT2D eigenvalue weighted by atomic mass is 9.99. The van der Waals surface area contributed by atoms with Crippen LogP contribution in [0.2, 0.25) is 25.2 Å². The molecule has 2 heteroatoms. The molecule has 0 saturated heterocycles. The number of fused-ring (bicyclic) bond motifs is 2. The molecular weight excluding hydrogens is 236 g/mol. The van der Waals surface area contributed by atoms with Crippen LogP contribution in [0, 0.1) is 0 Å². The maximum Gasteiger partial charge on any atom is 0.134 e. The second kappa shape index (κ2) is 3.99. The predicted octanol–water partition coefficient (Wildman–Crippen LogP) is 4.62. The predicted molar refractivity (Wildman–Crippen MR) is 79.4 cm³/mol. The summed E-state index contributed by atoms with van der Waals surface area (Å²) >= 11 is 0. The number of para-hydroxylation sites is 1. The molecule has 0 N–H and O–H groups in total. The van der Waals surface area contributed by atoms with Crippen molar-refractivity contribution < 1.29 is 4.74 Å². The Morgan fingerprint density at radius 2 is 1.89 bits per heavy atom. The van der Waals surface area contributed by atoms with Gasteiger partial charge in [-0.3, -0.25) is 0 Å². The van der Waals surface area contributed by atoms with E-state index in [1.165, 1.54) is 11.1 Å². The summed E-state index contributed by atoms with van der Waals surface area (Å²) in [6.45, 7) is 7.23. The van der Waals surface area contributed by atoms with Gasteiger partial charge in [-0.15, -0.1) is 0 Å². The van der Waals surface area contributed by atoms with Crippen molar-refractivity contribution in [2.24, 2.45) is 0 Å². The van der Waals surface area contributed by atoms with Gasteiger partial charge in [0.2, 0.25) is 0 Å². The second-order valence-corrected chi connectivity index (χ2v) is 11.4. The van der Waals surface area contributed by atoms with Gasteiger partial charge >= 0.3 is 0 Å². The molecule has 0 aromatic heterocycles. The third-order valence-electron chi connectivity index (χ3n) is 3.55. The maximum atomic E-state index is 6.03. The molecule has 0 amide bonds. The minimum absolute atomic E-state index is 0.547. The highest BCUT2D eigenvalue weighted by molar-refractivity contribution is 6.78. The van der Waals surface area contributed by atoms with Crippen LogP contribution in [0.4, 0.5) is 0 Å². The van der Waals surface area contributed by atoms with Gasteiger partial charge in [0.15, 0.2) is 0 Å². The Hall–Kier alpha value is -1.54. The van der Waals surface area contributed by atoms with E-state index in [1.807, 2.05) is 12.1 Å². The summed E-state index contributed by atoms with van der Waals surface area (Å²) in [6.07, 6.45) is 8.86. The lowest BCUT2D eigenvalue weighted by Crippen LogP contribution is -2.31. The molecule has 0 radical (unpaired) electrons. The van der Waals surface area contributed by atoms with E-state index in [-0.39, 0.29) is 0 Å². The molecule has 1 aromatic rings. The van der Waals surface area contributed by atoms with Gasteiger partial charge in [-0.25, -0.2) is 0 Å². The third-order valence-corrected chi connectivity index (χ3v) is 5.92. The smallest absolute Gasteiger partial charge is 0.134 e. The Kier molecular flexibility index (Phi) is 2.56. The van der Waals surface area contributed by atoms with E-state index in [0.29, 0.717) is 5.54 Å². The van der Waals surface area contributed by atoms with E-state index in [9.17, 15) is 0 Å². The molecule has 1 aromatic carbocycles. The Balaban J connectivity index is 2.11. The summed E-state index contributed by atoms with van der Waals surface area (Å²) < 4.78 is 6.03. The molecule has 0 saturated carbocycles. The van der Waals surface area contributed by atoms with Crippen LogP contribution in [0.15, 0.2) is 53.8 Å². The van der Waals surface area contributed by atoms with Gasteiger partial charge in [-0.05, 0) is 23.8 Å². The third kappa shape index (κ3) is 1.87. The fraction of sp³-hybridized carbons (Fsp3) is 0.250. The van der Waals surface area contributed by atoms with Crippen molar-refractivity contribution in [3.8, 4) is 5.75 Å². The van der Waals surface area contributed by atoms with Gasteiger partial charge in [0.05, 0.1) is 8.07 Å². The SMILES string of the molecule is C[Si](C)(C)C1C=CC=C2Oc3ccccc3C=C21. The van der Waals surface area contributed by atoms with Crippen molar-refractivity contribution in [2.45, 2.75) is 25.2 Å². The molecule has 1 nitrogen and oxygen atoms in total. The average molecular weight is 254 g/mol. The number of benzene rings is 1. The van der Waals surface area contributed by atoms with Gasteiger partial charge in [-0.1, -0.05) is 50.0 Å². The van der Waals surface area contributed by atoms with Crippen LogP contribution in [0.1, 0.15) is 5.56 Å². The summed E-state index contributed by atoms with van der Waals surface area (Å²) in [6, 6.07) is 8.24. The molecule has 2 aliphatic rings. The van der Waals surface area contributed by atoms with Crippen molar-refractivity contribution in [3.05, 3.63) is 59.4 Å². The molecule has 0 fully saturated rings. The van der Waals surface area contributed by atoms with Gasteiger partial charge in [0, 0.05) is 11.1 Å². The van der Waals surface area contributed by atoms with Crippen LogP contribution in [0.5, 0.6) is 5.75 Å². The molecule has 1 atom stereocenters. The van der Waals surface area contributed by atoms with Crippen LogP contribution >= 0.6 is 0 Å². The molecule has 3 rings (SSSR count). The average Bonchev–Trinajstić information content (AvgIpc) is 2.34. The molecule has 0 bridgehead atoms. The molecule has 1 aliphatic heterocycles. The first-order valence-corrected chi connectivity index (χ1v) is 10.0. The summed E-state index contributed by atoms with van der Waals surface area (Å²) in [7, 11) is -1.26. The van der Waals surface area contributed by atoms with Crippen LogP contribution < -0.4 is 4.74 Å². The summed E-state index contributed by atoms with van der Waals surface area (Å²) in [5.74, 6) is 2.00. The van der Waals surface area contributed by atoms with E-state index < -0.39 is 8.07 Å². The lowest BCUT2D eigenvalue weighted by molar-refractivity contribution is 0.427. The molecule has 1 heterocycles. The van der Waals surface area contributed by atoms with Crippen LogP contribution in [0.3, 0.4) is 0 Å². The van der Waals surface area contributed by atoms with E-state index in [1.54, 1.807) is 0 Å². The minimum Gasteiger partial charge on any atom is -0.456 e. The Labute approximate surface area is 109 Å². The van der Waals surface area contributed by atoms with E-state index in [4.69, 9.17) is 4.74 Å². The molecule has 0 spiro atoms. The highest BCUT2D eigenvalue weighted by atomic mass is 28.3. The Morgan fingerprint density at radius 3 is 2.67 bits per heavy atom. The monoisotopic (exact) mass is 254 g/mol. The summed E-state index contributed by atoms with van der Waals surface area (Å²) in [4.78, 5) is 0. The molecule has 18 heavy (non-hydrogen) atoms. The Bertz CT molecular complexity index is 573. The fourth-order valence-corrected chi connectivity index (χ4v) is 4.44. The molecule has 1 unspecified atom stereocenters. The number of rotatable bonds is 1. The second-order valence-electron chi connectivity index (χ2n) is 6.00. The highest BCUT2D eigenvalue weighted by Crippen LogP contribution is 2.43. The quantitative estimate of drug-likeness (QED) is 0.664. The first-order chi connectivity index (χ1) is 8.55. The largest absolute Gasteiger partial charge is 0.456 e. The zero-order chi connectivity index (χ0) is 12.8. The number of hydrogen-bond donors (Lipinski definition) is 0.